The first-order valence-corrected chi connectivity index (χ1v) is 5.40. The van der Waals surface area contributed by atoms with Gasteiger partial charge in [0, 0.05) is 11.6 Å². The van der Waals surface area contributed by atoms with Crippen LogP contribution in [0.5, 0.6) is 0 Å². The minimum Gasteiger partial charge on any atom is -0.368 e. The summed E-state index contributed by atoms with van der Waals surface area (Å²) in [5, 5.41) is 0.267. The van der Waals surface area contributed by atoms with E-state index in [2.05, 4.69) is 0 Å². The van der Waals surface area contributed by atoms with Crippen molar-refractivity contribution in [2.24, 2.45) is 0 Å². The van der Waals surface area contributed by atoms with E-state index >= 15 is 0 Å². The van der Waals surface area contributed by atoms with Crippen molar-refractivity contribution in [2.75, 3.05) is 6.61 Å². The van der Waals surface area contributed by atoms with Crippen molar-refractivity contribution in [3.05, 3.63) is 34.6 Å². The average molecular weight is 245 g/mol. The number of Topliss-reactive ketones (excluding diaryl/α,β-unsaturated/α-hetero) is 1. The van der Waals surface area contributed by atoms with Crippen LogP contribution in [0.15, 0.2) is 18.2 Å². The van der Waals surface area contributed by atoms with Crippen molar-refractivity contribution in [3.8, 4) is 0 Å². The van der Waals surface area contributed by atoms with Gasteiger partial charge in [-0.2, -0.15) is 0 Å². The first kappa shape index (κ1) is 13.1. The zero-order valence-corrected chi connectivity index (χ0v) is 10.3. The van der Waals surface area contributed by atoms with E-state index in [0.717, 1.165) is 6.07 Å². The first-order chi connectivity index (χ1) is 7.38. The Morgan fingerprint density at radius 3 is 2.62 bits per heavy atom. The Morgan fingerprint density at radius 2 is 2.12 bits per heavy atom. The molecule has 0 radical (unpaired) electrons. The van der Waals surface area contributed by atoms with Crippen molar-refractivity contribution in [2.45, 2.75) is 26.4 Å². The summed E-state index contributed by atoms with van der Waals surface area (Å²) >= 11 is 5.61. The van der Waals surface area contributed by atoms with Gasteiger partial charge in [-0.1, -0.05) is 11.6 Å². The van der Waals surface area contributed by atoms with Crippen LogP contribution in [0.25, 0.3) is 0 Å². The van der Waals surface area contributed by atoms with Crippen LogP contribution in [0.1, 0.15) is 31.1 Å². The number of hydrogen-bond acceptors (Lipinski definition) is 2. The standard InChI is InChI=1S/C12H14ClFO2/c1-4-16-12(2,3)11(15)9-6-5-8(13)7-10(9)14/h5-7H,4H2,1-3H3. The molecule has 0 saturated heterocycles. The van der Waals surface area contributed by atoms with Crippen LogP contribution in [0.3, 0.4) is 0 Å². The fraction of sp³-hybridized carbons (Fsp3) is 0.417. The van der Waals surface area contributed by atoms with E-state index in [-0.39, 0.29) is 16.4 Å². The van der Waals surface area contributed by atoms with Crippen LogP contribution in [-0.4, -0.2) is 18.0 Å². The molecule has 4 heteroatoms. The first-order valence-electron chi connectivity index (χ1n) is 5.02. The molecule has 1 aromatic carbocycles. The van der Waals surface area contributed by atoms with Gasteiger partial charge >= 0.3 is 0 Å². The van der Waals surface area contributed by atoms with E-state index in [1.807, 2.05) is 0 Å². The molecule has 2 nitrogen and oxygen atoms in total. The summed E-state index contributed by atoms with van der Waals surface area (Å²) in [6.45, 7) is 5.42. The van der Waals surface area contributed by atoms with E-state index in [9.17, 15) is 9.18 Å². The van der Waals surface area contributed by atoms with Crippen LogP contribution in [0, 0.1) is 5.82 Å². The third kappa shape index (κ3) is 2.80. The van der Waals surface area contributed by atoms with Crippen molar-refractivity contribution >= 4 is 17.4 Å². The molecular weight excluding hydrogens is 231 g/mol. The maximum atomic E-state index is 13.5. The molecule has 0 aliphatic carbocycles. The number of ether oxygens (including phenoxy) is 1. The molecule has 1 rings (SSSR count). The predicted octanol–water partition coefficient (Wildman–Crippen LogP) is 3.48. The summed E-state index contributed by atoms with van der Waals surface area (Å²) in [6.07, 6.45) is 0. The molecule has 0 saturated carbocycles. The lowest BCUT2D eigenvalue weighted by molar-refractivity contribution is 0.000955. The second kappa shape index (κ2) is 4.93. The molecule has 0 aliphatic heterocycles. The van der Waals surface area contributed by atoms with Crippen LogP contribution in [-0.2, 0) is 4.74 Å². The molecule has 0 spiro atoms. The highest BCUT2D eigenvalue weighted by atomic mass is 35.5. The number of hydrogen-bond donors (Lipinski definition) is 0. The molecule has 16 heavy (non-hydrogen) atoms. The van der Waals surface area contributed by atoms with Gasteiger partial charge in [-0.05, 0) is 39.0 Å². The molecule has 0 amide bonds. The van der Waals surface area contributed by atoms with Gasteiger partial charge in [0.25, 0.3) is 0 Å². The van der Waals surface area contributed by atoms with E-state index < -0.39 is 11.4 Å². The zero-order valence-electron chi connectivity index (χ0n) is 9.51. The summed E-state index contributed by atoms with van der Waals surface area (Å²) in [7, 11) is 0. The molecule has 0 fully saturated rings. The highest BCUT2D eigenvalue weighted by Gasteiger charge is 2.30. The Hall–Kier alpha value is -0.930. The van der Waals surface area contributed by atoms with Crippen molar-refractivity contribution < 1.29 is 13.9 Å². The Kier molecular flexibility index (Phi) is 4.05. The average Bonchev–Trinajstić information content (AvgIpc) is 2.16. The quantitative estimate of drug-likeness (QED) is 0.758. The van der Waals surface area contributed by atoms with Gasteiger partial charge < -0.3 is 4.74 Å². The third-order valence-electron chi connectivity index (χ3n) is 2.23. The Balaban J connectivity index is 3.05. The van der Waals surface area contributed by atoms with Gasteiger partial charge in [0.15, 0.2) is 5.78 Å². The van der Waals surface area contributed by atoms with Crippen molar-refractivity contribution in [1.29, 1.82) is 0 Å². The smallest absolute Gasteiger partial charge is 0.196 e. The summed E-state index contributed by atoms with van der Waals surface area (Å²) in [5.74, 6) is -1.01. The Labute approximate surface area is 99.4 Å². The summed E-state index contributed by atoms with van der Waals surface area (Å²) in [5.41, 5.74) is -1.02. The van der Waals surface area contributed by atoms with Gasteiger partial charge in [-0.25, -0.2) is 4.39 Å². The van der Waals surface area contributed by atoms with Crippen LogP contribution < -0.4 is 0 Å². The van der Waals surface area contributed by atoms with Gasteiger partial charge in [0.1, 0.15) is 11.4 Å². The van der Waals surface area contributed by atoms with Gasteiger partial charge in [-0.3, -0.25) is 4.79 Å². The highest BCUT2D eigenvalue weighted by Crippen LogP contribution is 2.21. The SMILES string of the molecule is CCOC(C)(C)C(=O)c1ccc(Cl)cc1F. The van der Waals surface area contributed by atoms with E-state index in [1.54, 1.807) is 20.8 Å². The Morgan fingerprint density at radius 1 is 1.50 bits per heavy atom. The molecule has 0 N–H and O–H groups in total. The maximum absolute atomic E-state index is 13.5. The van der Waals surface area contributed by atoms with E-state index in [0.29, 0.717) is 6.61 Å². The van der Waals surface area contributed by atoms with Crippen molar-refractivity contribution in [1.82, 2.24) is 0 Å². The van der Waals surface area contributed by atoms with E-state index in [4.69, 9.17) is 16.3 Å². The molecule has 0 bridgehead atoms. The highest BCUT2D eigenvalue weighted by molar-refractivity contribution is 6.30. The zero-order chi connectivity index (χ0) is 12.3. The number of carbonyl (C=O) groups is 1. The van der Waals surface area contributed by atoms with Crippen LogP contribution >= 0.6 is 11.6 Å². The molecule has 1 aromatic rings. The lowest BCUT2D eigenvalue weighted by atomic mass is 9.96. The molecule has 0 heterocycles. The van der Waals surface area contributed by atoms with Gasteiger partial charge in [-0.15, -0.1) is 0 Å². The molecule has 0 aliphatic rings. The Bertz CT molecular complexity index is 402. The summed E-state index contributed by atoms with van der Waals surface area (Å²) < 4.78 is 18.8. The normalized spacial score (nSPS) is 11.6. The van der Waals surface area contributed by atoms with Crippen LogP contribution in [0.2, 0.25) is 5.02 Å². The number of rotatable bonds is 4. The number of ketones is 1. The molecule has 0 atom stereocenters. The molecule has 0 aromatic heterocycles. The predicted molar refractivity (Wildman–Crippen MR) is 61.4 cm³/mol. The minimum absolute atomic E-state index is 0.00264. The van der Waals surface area contributed by atoms with Gasteiger partial charge in [0.2, 0.25) is 0 Å². The van der Waals surface area contributed by atoms with Crippen LogP contribution in [0.4, 0.5) is 4.39 Å². The minimum atomic E-state index is -1.02. The largest absolute Gasteiger partial charge is 0.368 e. The second-order valence-corrected chi connectivity index (χ2v) is 4.33. The maximum Gasteiger partial charge on any atom is 0.196 e. The molecular formula is C12H14ClFO2. The summed E-state index contributed by atoms with van der Waals surface area (Å²) in [4.78, 5) is 12.0. The number of carbonyl (C=O) groups excluding carboxylic acids is 1. The number of benzene rings is 1. The fourth-order valence-corrected chi connectivity index (χ4v) is 1.58. The third-order valence-corrected chi connectivity index (χ3v) is 2.46. The van der Waals surface area contributed by atoms with Crippen molar-refractivity contribution in [3.63, 3.8) is 0 Å². The second-order valence-electron chi connectivity index (χ2n) is 3.90. The number of halogens is 2. The fourth-order valence-electron chi connectivity index (χ4n) is 1.42. The lowest BCUT2D eigenvalue weighted by Crippen LogP contribution is -2.35. The summed E-state index contributed by atoms with van der Waals surface area (Å²) in [6, 6.07) is 3.98. The monoisotopic (exact) mass is 244 g/mol. The topological polar surface area (TPSA) is 26.3 Å². The molecule has 0 unspecified atom stereocenters. The molecule has 88 valence electrons. The lowest BCUT2D eigenvalue weighted by Gasteiger charge is -2.23. The van der Waals surface area contributed by atoms with E-state index in [1.165, 1.54) is 12.1 Å². The van der Waals surface area contributed by atoms with Gasteiger partial charge in [0.05, 0.1) is 5.56 Å².